The van der Waals surface area contributed by atoms with Crippen molar-refractivity contribution in [2.45, 2.75) is 33.1 Å². The normalized spacial score (nSPS) is 10.7. The predicted molar refractivity (Wildman–Crippen MR) is 71.5 cm³/mol. The van der Waals surface area contributed by atoms with Gasteiger partial charge in [-0.2, -0.15) is 0 Å². The average Bonchev–Trinajstić information content (AvgIpc) is 2.34. The highest BCUT2D eigenvalue weighted by Gasteiger charge is 1.99. The lowest BCUT2D eigenvalue weighted by Gasteiger charge is -2.06. The lowest BCUT2D eigenvalue weighted by atomic mass is 10.2. The second-order valence-corrected chi connectivity index (χ2v) is 4.36. The zero-order valence-corrected chi connectivity index (χ0v) is 10.6. The fourth-order valence-electron chi connectivity index (χ4n) is 1.83. The molecule has 1 aromatic carbocycles. The summed E-state index contributed by atoms with van der Waals surface area (Å²) in [6, 6.07) is 10.2. The zero-order valence-electron chi connectivity index (χ0n) is 10.6. The van der Waals surface area contributed by atoms with Crippen molar-refractivity contribution in [3.05, 3.63) is 36.0 Å². The molecule has 0 fully saturated rings. The molecule has 0 radical (unpaired) electrons. The van der Waals surface area contributed by atoms with Crippen LogP contribution >= 0.6 is 0 Å². The first-order valence-electron chi connectivity index (χ1n) is 6.30. The quantitative estimate of drug-likeness (QED) is 0.720. The van der Waals surface area contributed by atoms with Crippen LogP contribution in [0.1, 0.15) is 31.9 Å². The second-order valence-electron chi connectivity index (χ2n) is 4.36. The largest absolute Gasteiger partial charge is 0.494 e. The van der Waals surface area contributed by atoms with Crippen LogP contribution in [0.3, 0.4) is 0 Å². The van der Waals surface area contributed by atoms with Crippen LogP contribution in [0.2, 0.25) is 0 Å². The van der Waals surface area contributed by atoms with E-state index in [2.05, 4.69) is 24.0 Å². The predicted octanol–water partition coefficient (Wildman–Crippen LogP) is 4.11. The highest BCUT2D eigenvalue weighted by atomic mass is 16.5. The van der Waals surface area contributed by atoms with Crippen molar-refractivity contribution < 1.29 is 4.74 Å². The summed E-state index contributed by atoms with van der Waals surface area (Å²) in [4.78, 5) is 4.50. The summed E-state index contributed by atoms with van der Waals surface area (Å²) in [6.45, 7) is 5.00. The third-order valence-electron chi connectivity index (χ3n) is 2.82. The number of nitrogens with zero attached hydrogens (tertiary/aromatic N) is 1. The fourth-order valence-corrected chi connectivity index (χ4v) is 1.83. The Morgan fingerprint density at radius 1 is 1.12 bits per heavy atom. The van der Waals surface area contributed by atoms with Crippen molar-refractivity contribution in [2.24, 2.45) is 0 Å². The van der Waals surface area contributed by atoms with E-state index < -0.39 is 0 Å². The number of aromatic nitrogens is 1. The molecule has 1 heterocycles. The number of aryl methyl sites for hydroxylation is 1. The summed E-state index contributed by atoms with van der Waals surface area (Å²) >= 11 is 0. The molecule has 90 valence electrons. The molecular weight excluding hydrogens is 210 g/mol. The van der Waals surface area contributed by atoms with Gasteiger partial charge in [-0.15, -0.1) is 0 Å². The number of unbranched alkanes of at least 4 members (excludes halogenated alkanes) is 2. The smallest absolute Gasteiger partial charge is 0.121 e. The maximum absolute atomic E-state index is 5.72. The fraction of sp³-hybridized carbons (Fsp3) is 0.400. The molecule has 1 aromatic heterocycles. The standard InChI is InChI=1S/C15H19NO/c1-3-4-5-10-17-14-9-8-13-7-6-12(2)16-15(13)11-14/h6-9,11H,3-5,10H2,1-2H3. The van der Waals surface area contributed by atoms with E-state index in [9.17, 15) is 0 Å². The van der Waals surface area contributed by atoms with E-state index in [1.165, 1.54) is 12.8 Å². The number of hydrogen-bond donors (Lipinski definition) is 0. The molecule has 0 unspecified atom stereocenters. The highest BCUT2D eigenvalue weighted by Crippen LogP contribution is 2.19. The zero-order chi connectivity index (χ0) is 12.1. The van der Waals surface area contributed by atoms with Crippen molar-refractivity contribution in [1.29, 1.82) is 0 Å². The molecule has 0 aliphatic heterocycles. The van der Waals surface area contributed by atoms with Gasteiger partial charge in [0.25, 0.3) is 0 Å². The van der Waals surface area contributed by atoms with Gasteiger partial charge < -0.3 is 4.74 Å². The van der Waals surface area contributed by atoms with Crippen molar-refractivity contribution >= 4 is 10.9 Å². The van der Waals surface area contributed by atoms with Crippen molar-refractivity contribution in [3.8, 4) is 5.75 Å². The van der Waals surface area contributed by atoms with E-state index in [0.29, 0.717) is 0 Å². The number of pyridine rings is 1. The molecule has 2 heteroatoms. The Kier molecular flexibility index (Phi) is 3.97. The molecule has 2 aromatic rings. The molecule has 0 saturated carbocycles. The van der Waals surface area contributed by atoms with Gasteiger partial charge in [-0.1, -0.05) is 25.8 Å². The molecule has 0 spiro atoms. The SMILES string of the molecule is CCCCCOc1ccc2ccc(C)nc2c1. The van der Waals surface area contributed by atoms with Crippen molar-refractivity contribution in [3.63, 3.8) is 0 Å². The molecule has 0 aliphatic rings. The Morgan fingerprint density at radius 3 is 2.76 bits per heavy atom. The van der Waals surface area contributed by atoms with E-state index in [0.717, 1.165) is 35.4 Å². The summed E-state index contributed by atoms with van der Waals surface area (Å²) < 4.78 is 5.72. The van der Waals surface area contributed by atoms with Gasteiger partial charge in [0, 0.05) is 17.1 Å². The average molecular weight is 229 g/mol. The maximum atomic E-state index is 5.72. The monoisotopic (exact) mass is 229 g/mol. The van der Waals surface area contributed by atoms with Crippen LogP contribution in [0.5, 0.6) is 5.75 Å². The van der Waals surface area contributed by atoms with Crippen LogP contribution < -0.4 is 4.74 Å². The van der Waals surface area contributed by atoms with E-state index in [1.807, 2.05) is 25.1 Å². The van der Waals surface area contributed by atoms with Gasteiger partial charge in [-0.05, 0) is 31.5 Å². The Morgan fingerprint density at radius 2 is 1.94 bits per heavy atom. The maximum Gasteiger partial charge on any atom is 0.121 e. The van der Waals surface area contributed by atoms with Gasteiger partial charge in [0.15, 0.2) is 0 Å². The van der Waals surface area contributed by atoms with E-state index in [-0.39, 0.29) is 0 Å². The molecule has 0 bridgehead atoms. The lowest BCUT2D eigenvalue weighted by Crippen LogP contribution is -1.97. The minimum atomic E-state index is 0.797. The molecule has 2 rings (SSSR count). The van der Waals surface area contributed by atoms with Crippen LogP contribution in [0.15, 0.2) is 30.3 Å². The summed E-state index contributed by atoms with van der Waals surface area (Å²) in [5, 5.41) is 1.16. The molecule has 0 aliphatic carbocycles. The summed E-state index contributed by atoms with van der Waals surface area (Å²) in [7, 11) is 0. The lowest BCUT2D eigenvalue weighted by molar-refractivity contribution is 0.306. The summed E-state index contributed by atoms with van der Waals surface area (Å²) in [6.07, 6.45) is 3.57. The number of hydrogen-bond acceptors (Lipinski definition) is 2. The van der Waals surface area contributed by atoms with E-state index in [1.54, 1.807) is 0 Å². The summed E-state index contributed by atoms with van der Waals surface area (Å²) in [5.74, 6) is 0.923. The third-order valence-corrected chi connectivity index (χ3v) is 2.82. The third kappa shape index (κ3) is 3.19. The van der Waals surface area contributed by atoms with E-state index >= 15 is 0 Å². The van der Waals surface area contributed by atoms with Gasteiger partial charge in [-0.25, -0.2) is 0 Å². The Balaban J connectivity index is 2.08. The Hall–Kier alpha value is -1.57. The van der Waals surface area contributed by atoms with E-state index in [4.69, 9.17) is 4.74 Å². The number of fused-ring (bicyclic) bond motifs is 1. The van der Waals surface area contributed by atoms with Crippen LogP contribution in [0, 0.1) is 6.92 Å². The molecule has 0 saturated heterocycles. The first-order valence-corrected chi connectivity index (χ1v) is 6.30. The first kappa shape index (κ1) is 11.9. The molecule has 0 atom stereocenters. The van der Waals surface area contributed by atoms with Gasteiger partial charge in [0.2, 0.25) is 0 Å². The number of benzene rings is 1. The second kappa shape index (κ2) is 5.67. The van der Waals surface area contributed by atoms with Gasteiger partial charge in [0.1, 0.15) is 5.75 Å². The highest BCUT2D eigenvalue weighted by molar-refractivity contribution is 5.80. The molecule has 17 heavy (non-hydrogen) atoms. The van der Waals surface area contributed by atoms with Crippen LogP contribution in [0.4, 0.5) is 0 Å². The molecule has 2 nitrogen and oxygen atoms in total. The molecule has 0 N–H and O–H groups in total. The van der Waals surface area contributed by atoms with Crippen molar-refractivity contribution in [2.75, 3.05) is 6.61 Å². The minimum Gasteiger partial charge on any atom is -0.494 e. The number of rotatable bonds is 5. The molecular formula is C15H19NO. The van der Waals surface area contributed by atoms with Gasteiger partial charge in [0.05, 0.1) is 12.1 Å². The van der Waals surface area contributed by atoms with Crippen LogP contribution in [0.25, 0.3) is 10.9 Å². The Labute approximate surface area is 103 Å². The van der Waals surface area contributed by atoms with Gasteiger partial charge in [-0.3, -0.25) is 4.98 Å². The molecule has 0 amide bonds. The summed E-state index contributed by atoms with van der Waals surface area (Å²) in [5.41, 5.74) is 2.05. The Bertz CT molecular complexity index is 493. The first-order chi connectivity index (χ1) is 8.29. The minimum absolute atomic E-state index is 0.797. The topological polar surface area (TPSA) is 22.1 Å². The van der Waals surface area contributed by atoms with Crippen molar-refractivity contribution in [1.82, 2.24) is 4.98 Å². The van der Waals surface area contributed by atoms with Crippen LogP contribution in [-0.4, -0.2) is 11.6 Å². The number of ether oxygens (including phenoxy) is 1. The van der Waals surface area contributed by atoms with Crippen LogP contribution in [-0.2, 0) is 0 Å². The van der Waals surface area contributed by atoms with Gasteiger partial charge >= 0.3 is 0 Å².